The monoisotopic (exact) mass is 300 g/mol. The second kappa shape index (κ2) is 6.12. The molecule has 0 aromatic heterocycles. The Labute approximate surface area is 123 Å². The summed E-state index contributed by atoms with van der Waals surface area (Å²) in [7, 11) is 0. The van der Waals surface area contributed by atoms with Gasteiger partial charge in [-0.1, -0.05) is 29.3 Å². The molecule has 1 aliphatic heterocycles. The minimum absolute atomic E-state index is 0.116. The van der Waals surface area contributed by atoms with Crippen LogP contribution in [0.1, 0.15) is 19.4 Å². The maximum Gasteiger partial charge on any atom is 0.227 e. The first-order chi connectivity index (χ1) is 8.99. The second-order valence-corrected chi connectivity index (χ2v) is 5.83. The van der Waals surface area contributed by atoms with Crippen molar-refractivity contribution in [2.45, 2.75) is 32.4 Å². The fraction of sp³-hybridized carbons (Fsp3) is 0.500. The van der Waals surface area contributed by atoms with Gasteiger partial charge in [0.05, 0.1) is 6.42 Å². The number of nitrogens with zero attached hydrogens (tertiary/aromatic N) is 1. The summed E-state index contributed by atoms with van der Waals surface area (Å²) < 4.78 is 0. The molecule has 0 spiro atoms. The summed E-state index contributed by atoms with van der Waals surface area (Å²) >= 11 is 12.0. The molecule has 1 amide bonds. The van der Waals surface area contributed by atoms with Crippen molar-refractivity contribution in [2.24, 2.45) is 0 Å². The summed E-state index contributed by atoms with van der Waals surface area (Å²) in [5, 5.41) is 4.50. The molecular formula is C14H18Cl2N2O. The van der Waals surface area contributed by atoms with Crippen LogP contribution in [0, 0.1) is 0 Å². The lowest BCUT2D eigenvalue weighted by atomic mass is 10.1. The highest BCUT2D eigenvalue weighted by Crippen LogP contribution is 2.22. The summed E-state index contributed by atoms with van der Waals surface area (Å²) in [6, 6.07) is 5.78. The van der Waals surface area contributed by atoms with Crippen LogP contribution < -0.4 is 5.32 Å². The van der Waals surface area contributed by atoms with Crippen LogP contribution in [0.2, 0.25) is 10.0 Å². The standard InChI is InChI=1S/C14H18Cl2N2O/c1-9-10(2)18(6-5-17-9)14(19)7-11-3-4-12(15)8-13(11)16/h3-4,8-10,17H,5-7H2,1-2H3. The van der Waals surface area contributed by atoms with Gasteiger partial charge in [0.25, 0.3) is 0 Å². The summed E-state index contributed by atoms with van der Waals surface area (Å²) in [6.45, 7) is 5.75. The van der Waals surface area contributed by atoms with Gasteiger partial charge in [0.15, 0.2) is 0 Å². The topological polar surface area (TPSA) is 32.3 Å². The average molecular weight is 301 g/mol. The van der Waals surface area contributed by atoms with E-state index in [0.29, 0.717) is 22.5 Å². The number of rotatable bonds is 2. The van der Waals surface area contributed by atoms with Gasteiger partial charge in [0.1, 0.15) is 0 Å². The van der Waals surface area contributed by atoms with Gasteiger partial charge in [-0.05, 0) is 31.5 Å². The van der Waals surface area contributed by atoms with Gasteiger partial charge in [0.2, 0.25) is 5.91 Å². The number of amides is 1. The highest BCUT2D eigenvalue weighted by molar-refractivity contribution is 6.35. The van der Waals surface area contributed by atoms with Gasteiger partial charge in [-0.15, -0.1) is 0 Å². The third-order valence-electron chi connectivity index (χ3n) is 3.71. The van der Waals surface area contributed by atoms with Gasteiger partial charge >= 0.3 is 0 Å². The summed E-state index contributed by atoms with van der Waals surface area (Å²) in [5.41, 5.74) is 0.828. The van der Waals surface area contributed by atoms with Crippen molar-refractivity contribution in [1.82, 2.24) is 10.2 Å². The number of carbonyl (C=O) groups excluding carboxylic acids is 1. The average Bonchev–Trinajstić information content (AvgIpc) is 2.36. The Morgan fingerprint density at radius 2 is 2.16 bits per heavy atom. The van der Waals surface area contributed by atoms with Crippen molar-refractivity contribution in [3.05, 3.63) is 33.8 Å². The molecule has 5 heteroatoms. The molecule has 0 radical (unpaired) electrons. The molecule has 2 atom stereocenters. The number of halogens is 2. The highest BCUT2D eigenvalue weighted by Gasteiger charge is 2.28. The number of nitrogens with one attached hydrogen (secondary N) is 1. The molecule has 19 heavy (non-hydrogen) atoms. The number of hydrogen-bond donors (Lipinski definition) is 1. The van der Waals surface area contributed by atoms with E-state index >= 15 is 0 Å². The van der Waals surface area contributed by atoms with E-state index in [1.807, 2.05) is 11.0 Å². The zero-order chi connectivity index (χ0) is 14.0. The van der Waals surface area contributed by atoms with Crippen LogP contribution in [-0.2, 0) is 11.2 Å². The van der Waals surface area contributed by atoms with Gasteiger partial charge in [-0.2, -0.15) is 0 Å². The van der Waals surface area contributed by atoms with Gasteiger partial charge < -0.3 is 10.2 Å². The Morgan fingerprint density at radius 1 is 1.42 bits per heavy atom. The second-order valence-electron chi connectivity index (χ2n) is 4.98. The van der Waals surface area contributed by atoms with E-state index in [0.717, 1.165) is 18.7 Å². The molecular weight excluding hydrogens is 283 g/mol. The third kappa shape index (κ3) is 3.41. The first kappa shape index (κ1) is 14.6. The molecule has 3 nitrogen and oxygen atoms in total. The Hall–Kier alpha value is -0.770. The Bertz CT molecular complexity index is 479. The Balaban J connectivity index is 2.08. The molecule has 1 aromatic rings. The van der Waals surface area contributed by atoms with Gasteiger partial charge in [-0.25, -0.2) is 0 Å². The minimum atomic E-state index is 0.116. The smallest absolute Gasteiger partial charge is 0.227 e. The molecule has 0 saturated carbocycles. The lowest BCUT2D eigenvalue weighted by Crippen LogP contribution is -2.57. The summed E-state index contributed by atoms with van der Waals surface area (Å²) in [5.74, 6) is 0.116. The predicted octanol–water partition coefficient (Wildman–Crippen LogP) is 2.74. The van der Waals surface area contributed by atoms with Crippen molar-refractivity contribution in [1.29, 1.82) is 0 Å². The number of carbonyl (C=O) groups is 1. The zero-order valence-electron chi connectivity index (χ0n) is 11.1. The molecule has 104 valence electrons. The lowest BCUT2D eigenvalue weighted by molar-refractivity contribution is -0.134. The molecule has 1 aromatic carbocycles. The molecule has 0 bridgehead atoms. The van der Waals surface area contributed by atoms with E-state index in [9.17, 15) is 4.79 Å². The first-order valence-corrected chi connectivity index (χ1v) is 7.21. The SMILES string of the molecule is CC1NCCN(C(=O)Cc2ccc(Cl)cc2Cl)C1C. The van der Waals surface area contributed by atoms with E-state index in [2.05, 4.69) is 19.2 Å². The van der Waals surface area contributed by atoms with Crippen LogP contribution in [0.4, 0.5) is 0 Å². The summed E-state index contributed by atoms with van der Waals surface area (Å²) in [6.07, 6.45) is 0.326. The van der Waals surface area contributed by atoms with Crippen LogP contribution >= 0.6 is 23.2 Å². The Morgan fingerprint density at radius 3 is 2.84 bits per heavy atom. The van der Waals surface area contributed by atoms with E-state index in [1.165, 1.54) is 0 Å². The van der Waals surface area contributed by atoms with Crippen molar-refractivity contribution >= 4 is 29.1 Å². The molecule has 0 aliphatic carbocycles. The lowest BCUT2D eigenvalue weighted by Gasteiger charge is -2.38. The minimum Gasteiger partial charge on any atom is -0.337 e. The van der Waals surface area contributed by atoms with Crippen molar-refractivity contribution < 1.29 is 4.79 Å². The molecule has 2 unspecified atom stereocenters. The molecule has 1 aliphatic rings. The normalized spacial score (nSPS) is 23.5. The molecule has 2 rings (SSSR count). The molecule has 1 heterocycles. The van der Waals surface area contributed by atoms with Crippen molar-refractivity contribution in [3.8, 4) is 0 Å². The van der Waals surface area contributed by atoms with Crippen LogP contribution in [0.15, 0.2) is 18.2 Å². The number of piperazine rings is 1. The van der Waals surface area contributed by atoms with Crippen LogP contribution in [0.3, 0.4) is 0 Å². The van der Waals surface area contributed by atoms with Crippen LogP contribution in [0.25, 0.3) is 0 Å². The van der Waals surface area contributed by atoms with Crippen molar-refractivity contribution in [2.75, 3.05) is 13.1 Å². The largest absolute Gasteiger partial charge is 0.337 e. The van der Waals surface area contributed by atoms with E-state index in [1.54, 1.807) is 12.1 Å². The maximum absolute atomic E-state index is 12.4. The van der Waals surface area contributed by atoms with Crippen LogP contribution in [-0.4, -0.2) is 36.0 Å². The van der Waals surface area contributed by atoms with Crippen LogP contribution in [0.5, 0.6) is 0 Å². The van der Waals surface area contributed by atoms with Crippen molar-refractivity contribution in [3.63, 3.8) is 0 Å². The highest BCUT2D eigenvalue weighted by atomic mass is 35.5. The first-order valence-electron chi connectivity index (χ1n) is 6.46. The molecule has 1 saturated heterocycles. The van der Waals surface area contributed by atoms with Gasteiger partial charge in [0, 0.05) is 35.2 Å². The Kier molecular flexibility index (Phi) is 4.71. The van der Waals surface area contributed by atoms with E-state index < -0.39 is 0 Å². The number of hydrogen-bond acceptors (Lipinski definition) is 2. The van der Waals surface area contributed by atoms with Gasteiger partial charge in [-0.3, -0.25) is 4.79 Å². The van der Waals surface area contributed by atoms with E-state index in [-0.39, 0.29) is 11.9 Å². The van der Waals surface area contributed by atoms with E-state index in [4.69, 9.17) is 23.2 Å². The third-order valence-corrected chi connectivity index (χ3v) is 4.30. The molecule has 1 N–H and O–H groups in total. The fourth-order valence-corrected chi connectivity index (χ4v) is 2.81. The molecule has 1 fully saturated rings. The number of benzene rings is 1. The maximum atomic E-state index is 12.4. The zero-order valence-corrected chi connectivity index (χ0v) is 12.6. The quantitative estimate of drug-likeness (QED) is 0.911. The predicted molar refractivity (Wildman–Crippen MR) is 78.8 cm³/mol. The fourth-order valence-electron chi connectivity index (χ4n) is 2.34. The summed E-state index contributed by atoms with van der Waals surface area (Å²) in [4.78, 5) is 14.3.